The van der Waals surface area contributed by atoms with Gasteiger partial charge in [0.2, 0.25) is 0 Å². The van der Waals surface area contributed by atoms with Crippen LogP contribution < -0.4 is 16.4 Å². The second-order valence-electron chi connectivity index (χ2n) is 4.05. The predicted octanol–water partition coefficient (Wildman–Crippen LogP) is 0.928. The molecular weight excluding hydrogens is 246 g/mol. The lowest BCUT2D eigenvalue weighted by Crippen LogP contribution is -2.38. The number of hydrogen-bond acceptors (Lipinski definition) is 4. The summed E-state index contributed by atoms with van der Waals surface area (Å²) in [6.07, 6.45) is -0.161. The summed E-state index contributed by atoms with van der Waals surface area (Å²) < 4.78 is 10.1. The summed E-state index contributed by atoms with van der Waals surface area (Å²) in [7, 11) is 3.17. The number of carbonyl (C=O) groups is 1. The van der Waals surface area contributed by atoms with E-state index in [1.165, 1.54) is 0 Å². The maximum Gasteiger partial charge on any atom is 0.319 e. The second kappa shape index (κ2) is 8.47. The molecule has 6 heteroatoms. The summed E-state index contributed by atoms with van der Waals surface area (Å²) in [4.78, 5) is 11.7. The SMILES string of the molecule is COCC(CNC(=O)Nc1cccc(CN)c1)OC. The average molecular weight is 267 g/mol. The number of amides is 2. The maximum absolute atomic E-state index is 11.7. The number of nitrogens with one attached hydrogen (secondary N) is 2. The Morgan fingerprint density at radius 2 is 2.21 bits per heavy atom. The number of benzene rings is 1. The molecule has 1 unspecified atom stereocenters. The van der Waals surface area contributed by atoms with Crippen LogP contribution >= 0.6 is 0 Å². The minimum absolute atomic E-state index is 0.161. The quantitative estimate of drug-likeness (QED) is 0.686. The Morgan fingerprint density at radius 1 is 1.42 bits per heavy atom. The third-order valence-electron chi connectivity index (χ3n) is 2.60. The third kappa shape index (κ3) is 5.69. The molecule has 0 bridgehead atoms. The zero-order valence-electron chi connectivity index (χ0n) is 11.3. The normalized spacial score (nSPS) is 11.9. The third-order valence-corrected chi connectivity index (χ3v) is 2.60. The molecule has 1 atom stereocenters. The van der Waals surface area contributed by atoms with E-state index in [0.717, 1.165) is 5.56 Å². The number of rotatable bonds is 7. The van der Waals surface area contributed by atoms with Crippen LogP contribution in [0.5, 0.6) is 0 Å². The van der Waals surface area contributed by atoms with E-state index in [1.54, 1.807) is 14.2 Å². The van der Waals surface area contributed by atoms with Gasteiger partial charge in [0.25, 0.3) is 0 Å². The first-order valence-electron chi connectivity index (χ1n) is 6.05. The summed E-state index contributed by atoms with van der Waals surface area (Å²) >= 11 is 0. The van der Waals surface area contributed by atoms with E-state index >= 15 is 0 Å². The molecule has 1 rings (SSSR count). The van der Waals surface area contributed by atoms with Crippen molar-refractivity contribution in [3.05, 3.63) is 29.8 Å². The molecule has 0 saturated heterocycles. The lowest BCUT2D eigenvalue weighted by atomic mass is 10.2. The molecule has 4 N–H and O–H groups in total. The summed E-state index contributed by atoms with van der Waals surface area (Å²) in [6.45, 7) is 1.25. The van der Waals surface area contributed by atoms with Crippen LogP contribution in [0.3, 0.4) is 0 Å². The summed E-state index contributed by atoms with van der Waals surface area (Å²) in [5.74, 6) is 0. The van der Waals surface area contributed by atoms with Gasteiger partial charge in [-0.3, -0.25) is 0 Å². The number of urea groups is 1. The van der Waals surface area contributed by atoms with Crippen molar-refractivity contribution in [3.63, 3.8) is 0 Å². The Balaban J connectivity index is 2.41. The monoisotopic (exact) mass is 267 g/mol. The lowest BCUT2D eigenvalue weighted by molar-refractivity contribution is 0.0307. The van der Waals surface area contributed by atoms with Crippen LogP contribution in [-0.2, 0) is 16.0 Å². The highest BCUT2D eigenvalue weighted by atomic mass is 16.5. The zero-order valence-corrected chi connectivity index (χ0v) is 11.3. The maximum atomic E-state index is 11.7. The van der Waals surface area contributed by atoms with Crippen LogP contribution in [0.25, 0.3) is 0 Å². The van der Waals surface area contributed by atoms with E-state index in [9.17, 15) is 4.79 Å². The van der Waals surface area contributed by atoms with Crippen molar-refractivity contribution in [1.82, 2.24) is 5.32 Å². The predicted molar refractivity (Wildman–Crippen MR) is 74.0 cm³/mol. The van der Waals surface area contributed by atoms with E-state index in [1.807, 2.05) is 24.3 Å². The van der Waals surface area contributed by atoms with Crippen molar-refractivity contribution in [3.8, 4) is 0 Å². The molecule has 0 spiro atoms. The van der Waals surface area contributed by atoms with Gasteiger partial charge in [0.15, 0.2) is 0 Å². The van der Waals surface area contributed by atoms with Crippen molar-refractivity contribution in [1.29, 1.82) is 0 Å². The van der Waals surface area contributed by atoms with Crippen LogP contribution in [0, 0.1) is 0 Å². The summed E-state index contributed by atoms with van der Waals surface area (Å²) in [5, 5.41) is 5.45. The fourth-order valence-corrected chi connectivity index (χ4v) is 1.55. The van der Waals surface area contributed by atoms with E-state index in [2.05, 4.69) is 10.6 Å². The molecule has 2 amide bonds. The molecule has 19 heavy (non-hydrogen) atoms. The van der Waals surface area contributed by atoms with Gasteiger partial charge in [-0.1, -0.05) is 12.1 Å². The Bertz CT molecular complexity index is 398. The van der Waals surface area contributed by atoms with Crippen LogP contribution in [0.4, 0.5) is 10.5 Å². The number of nitrogens with two attached hydrogens (primary N) is 1. The topological polar surface area (TPSA) is 85.6 Å². The Kier molecular flexibility index (Phi) is 6.88. The van der Waals surface area contributed by atoms with E-state index in [0.29, 0.717) is 25.4 Å². The Hall–Kier alpha value is -1.63. The number of carbonyl (C=O) groups excluding carboxylic acids is 1. The first kappa shape index (κ1) is 15.4. The molecule has 0 radical (unpaired) electrons. The molecular formula is C13H21N3O3. The highest BCUT2D eigenvalue weighted by molar-refractivity contribution is 5.89. The average Bonchev–Trinajstić information content (AvgIpc) is 2.43. The van der Waals surface area contributed by atoms with Gasteiger partial charge in [0.05, 0.1) is 12.7 Å². The van der Waals surface area contributed by atoms with Crippen molar-refractivity contribution < 1.29 is 14.3 Å². The highest BCUT2D eigenvalue weighted by Gasteiger charge is 2.09. The summed E-state index contributed by atoms with van der Waals surface area (Å²) in [5.41, 5.74) is 7.21. The fraction of sp³-hybridized carbons (Fsp3) is 0.462. The second-order valence-corrected chi connectivity index (χ2v) is 4.05. The molecule has 0 aliphatic rings. The molecule has 0 aromatic heterocycles. The molecule has 0 aliphatic carbocycles. The first-order chi connectivity index (χ1) is 9.19. The van der Waals surface area contributed by atoms with E-state index in [-0.39, 0.29) is 12.1 Å². The molecule has 106 valence electrons. The number of methoxy groups -OCH3 is 2. The lowest BCUT2D eigenvalue weighted by Gasteiger charge is -2.15. The van der Waals surface area contributed by atoms with E-state index in [4.69, 9.17) is 15.2 Å². The standard InChI is InChI=1S/C13H21N3O3/c1-18-9-12(19-2)8-15-13(17)16-11-5-3-4-10(6-11)7-14/h3-6,12H,7-9,14H2,1-2H3,(H2,15,16,17). The number of hydrogen-bond donors (Lipinski definition) is 3. The van der Waals surface area contributed by atoms with Gasteiger partial charge in [-0.15, -0.1) is 0 Å². The van der Waals surface area contributed by atoms with Crippen molar-refractivity contribution in [2.45, 2.75) is 12.6 Å². The van der Waals surface area contributed by atoms with Gasteiger partial charge in [-0.25, -0.2) is 4.79 Å². The molecule has 0 aliphatic heterocycles. The van der Waals surface area contributed by atoms with Crippen LogP contribution in [0.15, 0.2) is 24.3 Å². The van der Waals surface area contributed by atoms with Crippen molar-refractivity contribution >= 4 is 11.7 Å². The zero-order chi connectivity index (χ0) is 14.1. The fourth-order valence-electron chi connectivity index (χ4n) is 1.55. The molecule has 0 saturated carbocycles. The Labute approximate surface area is 113 Å². The number of anilines is 1. The first-order valence-corrected chi connectivity index (χ1v) is 6.05. The van der Waals surface area contributed by atoms with Crippen LogP contribution in [-0.4, -0.2) is 39.5 Å². The van der Waals surface area contributed by atoms with Crippen molar-refractivity contribution in [2.75, 3.05) is 32.7 Å². The molecule has 0 heterocycles. The molecule has 1 aromatic carbocycles. The van der Waals surface area contributed by atoms with E-state index < -0.39 is 0 Å². The van der Waals surface area contributed by atoms with Gasteiger partial charge >= 0.3 is 6.03 Å². The van der Waals surface area contributed by atoms with Gasteiger partial charge < -0.3 is 25.8 Å². The molecule has 0 fully saturated rings. The largest absolute Gasteiger partial charge is 0.382 e. The van der Waals surface area contributed by atoms with Gasteiger partial charge in [0, 0.05) is 33.0 Å². The summed E-state index contributed by atoms with van der Waals surface area (Å²) in [6, 6.07) is 7.11. The molecule has 6 nitrogen and oxygen atoms in total. The van der Waals surface area contributed by atoms with Crippen LogP contribution in [0.2, 0.25) is 0 Å². The molecule has 1 aromatic rings. The highest BCUT2D eigenvalue weighted by Crippen LogP contribution is 2.09. The van der Waals surface area contributed by atoms with Gasteiger partial charge in [-0.2, -0.15) is 0 Å². The minimum Gasteiger partial charge on any atom is -0.382 e. The number of ether oxygens (including phenoxy) is 2. The van der Waals surface area contributed by atoms with Gasteiger partial charge in [0.1, 0.15) is 0 Å². The van der Waals surface area contributed by atoms with Gasteiger partial charge in [-0.05, 0) is 17.7 Å². The Morgan fingerprint density at radius 3 is 2.84 bits per heavy atom. The van der Waals surface area contributed by atoms with Crippen LogP contribution in [0.1, 0.15) is 5.56 Å². The van der Waals surface area contributed by atoms with Crippen molar-refractivity contribution in [2.24, 2.45) is 5.73 Å². The minimum atomic E-state index is -0.285. The smallest absolute Gasteiger partial charge is 0.319 e.